The summed E-state index contributed by atoms with van der Waals surface area (Å²) in [6.07, 6.45) is 1.53. The van der Waals surface area contributed by atoms with Gasteiger partial charge in [-0.3, -0.25) is 9.69 Å². The van der Waals surface area contributed by atoms with Gasteiger partial charge in [0.2, 0.25) is 15.9 Å². The smallest absolute Gasteiger partial charge is 0.242 e. The van der Waals surface area contributed by atoms with Crippen molar-refractivity contribution in [3.05, 3.63) is 57.6 Å². The van der Waals surface area contributed by atoms with Crippen molar-refractivity contribution in [2.75, 3.05) is 39.1 Å². The summed E-state index contributed by atoms with van der Waals surface area (Å²) >= 11 is 12.3. The van der Waals surface area contributed by atoms with Gasteiger partial charge >= 0.3 is 0 Å². The van der Waals surface area contributed by atoms with Crippen molar-refractivity contribution in [1.82, 2.24) is 9.21 Å². The number of anilines is 1. The number of aryl methyl sites for hydroxylation is 1. The van der Waals surface area contributed by atoms with Crippen molar-refractivity contribution in [2.24, 2.45) is 0 Å². The minimum atomic E-state index is -3.51. The Hall–Kier alpha value is -1.64. The van der Waals surface area contributed by atoms with Gasteiger partial charge in [-0.15, -0.1) is 0 Å². The zero-order valence-corrected chi connectivity index (χ0v) is 19.6. The van der Waals surface area contributed by atoms with Gasteiger partial charge in [-0.05, 0) is 55.3 Å². The largest absolute Gasteiger partial charge is 0.311 e. The number of sulfonamides is 1. The van der Waals surface area contributed by atoms with Gasteiger partial charge in [-0.25, -0.2) is 12.7 Å². The van der Waals surface area contributed by atoms with E-state index in [9.17, 15) is 13.2 Å². The maximum Gasteiger partial charge on any atom is 0.242 e. The standard InChI is InChI=1S/C21H25Cl2N3O3S/c1-24(2)30(28,29)17-9-10-19-15(12-17)7-5-11-26(19)20(27)14-25(3)13-16-6-4-8-18(22)21(16)23/h4,6,8-10,12H,5,7,11,13-14H2,1-3H3. The monoisotopic (exact) mass is 469 g/mol. The van der Waals surface area contributed by atoms with Crippen LogP contribution in [0.5, 0.6) is 0 Å². The molecule has 0 saturated heterocycles. The van der Waals surface area contributed by atoms with E-state index in [2.05, 4.69) is 0 Å². The quantitative estimate of drug-likeness (QED) is 0.647. The van der Waals surface area contributed by atoms with Crippen molar-refractivity contribution >= 4 is 44.8 Å². The van der Waals surface area contributed by atoms with Crippen LogP contribution in [0.3, 0.4) is 0 Å². The second-order valence-electron chi connectivity index (χ2n) is 7.61. The molecule has 0 bridgehead atoms. The Bertz CT molecular complexity index is 1060. The molecule has 2 aromatic rings. The Kier molecular flexibility index (Phi) is 7.09. The van der Waals surface area contributed by atoms with E-state index in [1.54, 1.807) is 29.2 Å². The highest BCUT2D eigenvalue weighted by Gasteiger charge is 2.26. The number of hydrogen-bond donors (Lipinski definition) is 0. The Morgan fingerprint density at radius 1 is 1.13 bits per heavy atom. The highest BCUT2D eigenvalue weighted by Crippen LogP contribution is 2.31. The average Bonchev–Trinajstić information content (AvgIpc) is 2.70. The van der Waals surface area contributed by atoms with E-state index in [1.165, 1.54) is 18.4 Å². The lowest BCUT2D eigenvalue weighted by Crippen LogP contribution is -2.41. The third kappa shape index (κ3) is 4.81. The van der Waals surface area contributed by atoms with Crippen LogP contribution in [0.1, 0.15) is 17.5 Å². The van der Waals surface area contributed by atoms with Crippen molar-refractivity contribution in [3.8, 4) is 0 Å². The van der Waals surface area contributed by atoms with Crippen LogP contribution in [-0.4, -0.2) is 57.8 Å². The molecule has 0 aliphatic carbocycles. The summed E-state index contributed by atoms with van der Waals surface area (Å²) < 4.78 is 26.0. The topological polar surface area (TPSA) is 60.9 Å². The Morgan fingerprint density at radius 3 is 2.57 bits per heavy atom. The second kappa shape index (κ2) is 9.24. The fraction of sp³-hybridized carbons (Fsp3) is 0.381. The first kappa shape index (κ1) is 23.0. The zero-order chi connectivity index (χ0) is 22.1. The van der Waals surface area contributed by atoms with Gasteiger partial charge in [-0.1, -0.05) is 35.3 Å². The number of nitrogens with zero attached hydrogens (tertiary/aromatic N) is 3. The fourth-order valence-electron chi connectivity index (χ4n) is 3.54. The molecule has 0 unspecified atom stereocenters. The Labute approximate surface area is 188 Å². The first-order chi connectivity index (χ1) is 14.1. The summed E-state index contributed by atoms with van der Waals surface area (Å²) in [6.45, 7) is 1.31. The van der Waals surface area contributed by atoms with Crippen LogP contribution < -0.4 is 4.90 Å². The SMILES string of the molecule is CN(CC(=O)N1CCCc2cc(S(=O)(=O)N(C)C)ccc21)Cc1cccc(Cl)c1Cl. The van der Waals surface area contributed by atoms with Crippen molar-refractivity contribution in [3.63, 3.8) is 0 Å². The molecule has 2 aromatic carbocycles. The molecule has 0 spiro atoms. The molecule has 0 saturated carbocycles. The van der Waals surface area contributed by atoms with Crippen LogP contribution in [-0.2, 0) is 27.8 Å². The van der Waals surface area contributed by atoms with E-state index in [0.29, 0.717) is 23.1 Å². The molecule has 1 heterocycles. The molecule has 0 N–H and O–H groups in total. The summed E-state index contributed by atoms with van der Waals surface area (Å²) in [7, 11) is 1.36. The van der Waals surface area contributed by atoms with E-state index < -0.39 is 10.0 Å². The van der Waals surface area contributed by atoms with E-state index in [1.807, 2.05) is 24.1 Å². The maximum atomic E-state index is 13.0. The van der Waals surface area contributed by atoms with E-state index in [4.69, 9.17) is 23.2 Å². The molecule has 0 atom stereocenters. The van der Waals surface area contributed by atoms with Gasteiger partial charge in [0.15, 0.2) is 0 Å². The summed E-state index contributed by atoms with van der Waals surface area (Å²) in [5.41, 5.74) is 2.51. The number of amides is 1. The second-order valence-corrected chi connectivity index (χ2v) is 10.5. The number of rotatable bonds is 6. The number of halogens is 2. The predicted molar refractivity (Wildman–Crippen MR) is 121 cm³/mol. The lowest BCUT2D eigenvalue weighted by atomic mass is 10.0. The van der Waals surface area contributed by atoms with Gasteiger partial charge in [0.05, 0.1) is 21.5 Å². The highest BCUT2D eigenvalue weighted by atomic mass is 35.5. The normalized spacial score (nSPS) is 14.3. The van der Waals surface area contributed by atoms with Gasteiger partial charge in [-0.2, -0.15) is 0 Å². The number of hydrogen-bond acceptors (Lipinski definition) is 4. The number of carbonyl (C=O) groups is 1. The molecule has 9 heteroatoms. The summed E-state index contributed by atoms with van der Waals surface area (Å²) in [4.78, 5) is 16.9. The minimum absolute atomic E-state index is 0.0418. The summed E-state index contributed by atoms with van der Waals surface area (Å²) in [5.74, 6) is -0.0418. The lowest BCUT2D eigenvalue weighted by molar-refractivity contribution is -0.119. The van der Waals surface area contributed by atoms with E-state index >= 15 is 0 Å². The first-order valence-electron chi connectivity index (χ1n) is 9.58. The van der Waals surface area contributed by atoms with Crippen molar-refractivity contribution < 1.29 is 13.2 Å². The molecule has 0 radical (unpaired) electrons. The van der Waals surface area contributed by atoms with Crippen molar-refractivity contribution in [2.45, 2.75) is 24.3 Å². The first-order valence-corrected chi connectivity index (χ1v) is 11.8. The highest BCUT2D eigenvalue weighted by molar-refractivity contribution is 7.89. The van der Waals surface area contributed by atoms with Gasteiger partial charge in [0.1, 0.15) is 0 Å². The Balaban J connectivity index is 1.76. The summed E-state index contributed by atoms with van der Waals surface area (Å²) in [6, 6.07) is 10.4. The molecular weight excluding hydrogens is 445 g/mol. The zero-order valence-electron chi connectivity index (χ0n) is 17.2. The lowest BCUT2D eigenvalue weighted by Gasteiger charge is -2.31. The molecule has 6 nitrogen and oxygen atoms in total. The average molecular weight is 470 g/mol. The third-order valence-corrected chi connectivity index (χ3v) is 7.80. The minimum Gasteiger partial charge on any atom is -0.311 e. The number of likely N-dealkylation sites (N-methyl/N-ethyl adjacent to an activating group) is 1. The molecule has 0 fully saturated rings. The molecule has 1 aliphatic heterocycles. The number of carbonyl (C=O) groups excluding carboxylic acids is 1. The van der Waals surface area contributed by atoms with Crippen LogP contribution in [0.15, 0.2) is 41.3 Å². The molecule has 1 amide bonds. The van der Waals surface area contributed by atoms with Gasteiger partial charge in [0.25, 0.3) is 0 Å². The van der Waals surface area contributed by atoms with Crippen LogP contribution >= 0.6 is 23.2 Å². The van der Waals surface area contributed by atoms with Crippen LogP contribution in [0.25, 0.3) is 0 Å². The molecule has 0 aromatic heterocycles. The van der Waals surface area contributed by atoms with E-state index in [-0.39, 0.29) is 17.3 Å². The Morgan fingerprint density at radius 2 is 1.87 bits per heavy atom. The summed E-state index contributed by atoms with van der Waals surface area (Å²) in [5, 5.41) is 0.985. The molecule has 162 valence electrons. The predicted octanol–water partition coefficient (Wildman–Crippen LogP) is 3.65. The maximum absolute atomic E-state index is 13.0. The van der Waals surface area contributed by atoms with Crippen LogP contribution in [0, 0.1) is 0 Å². The molecule has 3 rings (SSSR count). The molecule has 1 aliphatic rings. The molecular formula is C21H25Cl2N3O3S. The van der Waals surface area contributed by atoms with Gasteiger partial charge in [0, 0.05) is 32.9 Å². The number of fused-ring (bicyclic) bond motifs is 1. The third-order valence-electron chi connectivity index (χ3n) is 5.13. The van der Waals surface area contributed by atoms with Crippen molar-refractivity contribution in [1.29, 1.82) is 0 Å². The van der Waals surface area contributed by atoms with Crippen LogP contribution in [0.2, 0.25) is 10.0 Å². The fourth-order valence-corrected chi connectivity index (χ4v) is 4.87. The van der Waals surface area contributed by atoms with Crippen LogP contribution in [0.4, 0.5) is 5.69 Å². The number of benzene rings is 2. The van der Waals surface area contributed by atoms with Gasteiger partial charge < -0.3 is 4.90 Å². The molecule has 30 heavy (non-hydrogen) atoms. The van der Waals surface area contributed by atoms with E-state index in [0.717, 1.165) is 29.7 Å².